The van der Waals surface area contributed by atoms with E-state index in [4.69, 9.17) is 9.97 Å². The van der Waals surface area contributed by atoms with Gasteiger partial charge in [0.15, 0.2) is 0 Å². The molecule has 2 nitrogen and oxygen atoms in total. The van der Waals surface area contributed by atoms with Crippen molar-refractivity contribution < 1.29 is 0 Å². The summed E-state index contributed by atoms with van der Waals surface area (Å²) < 4.78 is 0. The molecular formula is C23H20N2S2. The molecule has 0 unspecified atom stereocenters. The van der Waals surface area contributed by atoms with Crippen LogP contribution in [0.5, 0.6) is 0 Å². The van der Waals surface area contributed by atoms with Crippen molar-refractivity contribution in [3.63, 3.8) is 0 Å². The lowest BCUT2D eigenvalue weighted by Gasteiger charge is -2.09. The minimum atomic E-state index is 0.829. The second-order valence-electron chi connectivity index (χ2n) is 6.32. The van der Waals surface area contributed by atoms with Crippen LogP contribution < -0.4 is 0 Å². The number of hydrogen-bond acceptors (Lipinski definition) is 4. The zero-order chi connectivity index (χ0) is 18.5. The van der Waals surface area contributed by atoms with E-state index in [1.54, 1.807) is 0 Å². The van der Waals surface area contributed by atoms with E-state index in [1.807, 2.05) is 41.8 Å². The summed E-state index contributed by atoms with van der Waals surface area (Å²) in [6.07, 6.45) is 21.0. The van der Waals surface area contributed by atoms with Crippen molar-refractivity contribution in [3.05, 3.63) is 106 Å². The molecule has 0 fully saturated rings. The predicted molar refractivity (Wildman–Crippen MR) is 120 cm³/mol. The molecule has 0 N–H and O–H groups in total. The van der Waals surface area contributed by atoms with Crippen LogP contribution in [0.2, 0.25) is 0 Å². The standard InChI is InChI=1S/C23H20N2S2/c1-17-11-12-20-21(13-17)25-23-16-27-19-10-8-6-4-2-3-5-7-9-18(14-19)26-15-22(23)24-20/h2-14H,15-16H2,1H3/b3-2-,4-2?,5-3?,6-4+,7-5-,8-6?,9-7?,10-8-,18-9+,18-14?,19-10?,19-14-. The molecule has 0 saturated heterocycles. The third kappa shape index (κ3) is 4.71. The van der Waals surface area contributed by atoms with Crippen LogP contribution in [0.3, 0.4) is 0 Å². The molecule has 1 aliphatic carbocycles. The van der Waals surface area contributed by atoms with Gasteiger partial charge in [-0.15, -0.1) is 23.5 Å². The van der Waals surface area contributed by atoms with Gasteiger partial charge in [0.2, 0.25) is 0 Å². The zero-order valence-corrected chi connectivity index (χ0v) is 16.8. The summed E-state index contributed by atoms with van der Waals surface area (Å²) in [6.45, 7) is 2.10. The number of rotatable bonds is 0. The largest absolute Gasteiger partial charge is 0.248 e. The van der Waals surface area contributed by atoms with Gasteiger partial charge in [-0.3, -0.25) is 0 Å². The summed E-state index contributed by atoms with van der Waals surface area (Å²) in [4.78, 5) is 12.3. The van der Waals surface area contributed by atoms with Crippen LogP contribution in [0, 0.1) is 6.92 Å². The molecule has 1 aliphatic heterocycles. The Kier molecular flexibility index (Phi) is 5.75. The molecule has 2 aliphatic rings. The van der Waals surface area contributed by atoms with E-state index in [0.29, 0.717) is 0 Å². The summed E-state index contributed by atoms with van der Waals surface area (Å²) >= 11 is 3.63. The fourth-order valence-corrected chi connectivity index (χ4v) is 4.72. The van der Waals surface area contributed by atoms with E-state index in [-0.39, 0.29) is 0 Å². The van der Waals surface area contributed by atoms with E-state index in [2.05, 4.69) is 67.7 Å². The van der Waals surface area contributed by atoms with Gasteiger partial charge in [0.25, 0.3) is 0 Å². The average molecular weight is 389 g/mol. The van der Waals surface area contributed by atoms with Gasteiger partial charge >= 0.3 is 0 Å². The highest BCUT2D eigenvalue weighted by atomic mass is 32.2. The van der Waals surface area contributed by atoms with Crippen molar-refractivity contribution in [3.8, 4) is 0 Å². The maximum Gasteiger partial charge on any atom is 0.0893 e. The van der Waals surface area contributed by atoms with Gasteiger partial charge in [0.1, 0.15) is 0 Å². The van der Waals surface area contributed by atoms with E-state index >= 15 is 0 Å². The minimum absolute atomic E-state index is 0.829. The summed E-state index contributed by atoms with van der Waals surface area (Å²) in [5.74, 6) is 1.66. The van der Waals surface area contributed by atoms with Crippen LogP contribution >= 0.6 is 23.5 Å². The number of fused-ring (bicyclic) bond motifs is 3. The number of allylic oxidation sites excluding steroid dienone is 10. The van der Waals surface area contributed by atoms with Gasteiger partial charge in [-0.1, -0.05) is 48.6 Å². The van der Waals surface area contributed by atoms with Crippen LogP contribution in [0.1, 0.15) is 17.0 Å². The smallest absolute Gasteiger partial charge is 0.0893 e. The average Bonchev–Trinajstić information content (AvgIpc) is 2.73. The normalized spacial score (nSPS) is 25.7. The van der Waals surface area contributed by atoms with E-state index in [0.717, 1.165) is 33.9 Å². The first-order valence-corrected chi connectivity index (χ1v) is 10.9. The van der Waals surface area contributed by atoms with E-state index < -0.39 is 0 Å². The second-order valence-corrected chi connectivity index (χ2v) is 8.41. The Labute approximate surface area is 168 Å². The lowest BCUT2D eigenvalue weighted by molar-refractivity contribution is 1.07. The fraction of sp³-hybridized carbons (Fsp3) is 0.130. The second kappa shape index (κ2) is 8.59. The molecule has 0 amide bonds. The van der Waals surface area contributed by atoms with Gasteiger partial charge < -0.3 is 0 Å². The molecule has 134 valence electrons. The number of thioether (sulfide) groups is 2. The number of benzene rings is 1. The monoisotopic (exact) mass is 388 g/mol. The molecular weight excluding hydrogens is 368 g/mol. The quantitative estimate of drug-likeness (QED) is 0.520. The summed E-state index contributed by atoms with van der Waals surface area (Å²) in [6, 6.07) is 6.29. The molecule has 1 aromatic heterocycles. The maximum absolute atomic E-state index is 4.94. The van der Waals surface area contributed by atoms with Crippen molar-refractivity contribution in [2.24, 2.45) is 0 Å². The van der Waals surface area contributed by atoms with Crippen molar-refractivity contribution in [2.45, 2.75) is 18.4 Å². The van der Waals surface area contributed by atoms with Gasteiger partial charge in [0, 0.05) is 21.3 Å². The molecule has 1 aromatic carbocycles. The van der Waals surface area contributed by atoms with Crippen molar-refractivity contribution in [1.29, 1.82) is 0 Å². The van der Waals surface area contributed by atoms with Gasteiger partial charge in [-0.2, -0.15) is 0 Å². The third-order valence-electron chi connectivity index (χ3n) is 4.20. The molecule has 0 spiro atoms. The Balaban J connectivity index is 1.74. The topological polar surface area (TPSA) is 25.8 Å². The molecule has 2 bridgehead atoms. The molecule has 0 atom stereocenters. The highest BCUT2D eigenvalue weighted by molar-refractivity contribution is 8.03. The highest BCUT2D eigenvalue weighted by Crippen LogP contribution is 2.33. The summed E-state index contributed by atoms with van der Waals surface area (Å²) in [5, 5.41) is 0. The van der Waals surface area contributed by atoms with Crippen LogP contribution in [0.25, 0.3) is 11.0 Å². The maximum atomic E-state index is 4.94. The first kappa shape index (κ1) is 18.1. The molecule has 0 saturated carbocycles. The Morgan fingerprint density at radius 1 is 0.741 bits per heavy atom. The highest BCUT2D eigenvalue weighted by Gasteiger charge is 2.13. The minimum Gasteiger partial charge on any atom is -0.248 e. The van der Waals surface area contributed by atoms with Crippen LogP contribution in [0.4, 0.5) is 0 Å². The lowest BCUT2D eigenvalue weighted by Crippen LogP contribution is -2.00. The number of aromatic nitrogens is 2. The number of hydrogen-bond donors (Lipinski definition) is 0. The molecule has 2 heterocycles. The number of nitrogens with zero attached hydrogens (tertiary/aromatic N) is 2. The van der Waals surface area contributed by atoms with E-state index in [1.165, 1.54) is 15.4 Å². The van der Waals surface area contributed by atoms with Crippen LogP contribution in [0.15, 0.2) is 88.8 Å². The fourth-order valence-electron chi connectivity index (χ4n) is 2.81. The molecule has 0 radical (unpaired) electrons. The zero-order valence-electron chi connectivity index (χ0n) is 15.1. The van der Waals surface area contributed by atoms with Crippen molar-refractivity contribution in [1.82, 2.24) is 9.97 Å². The van der Waals surface area contributed by atoms with Gasteiger partial charge in [0.05, 0.1) is 22.4 Å². The van der Waals surface area contributed by atoms with Gasteiger partial charge in [-0.25, -0.2) is 9.97 Å². The molecule has 2 aromatic rings. The van der Waals surface area contributed by atoms with Crippen LogP contribution in [-0.4, -0.2) is 9.97 Å². The third-order valence-corrected chi connectivity index (χ3v) is 6.21. The first-order chi connectivity index (χ1) is 13.3. The summed E-state index contributed by atoms with van der Waals surface area (Å²) in [5.41, 5.74) is 5.35. The van der Waals surface area contributed by atoms with Gasteiger partial charge in [-0.05, 0) is 42.8 Å². The van der Waals surface area contributed by atoms with Crippen molar-refractivity contribution in [2.75, 3.05) is 0 Å². The number of aryl methyl sites for hydroxylation is 1. The Bertz CT molecular complexity index is 1040. The Morgan fingerprint density at radius 2 is 1.41 bits per heavy atom. The molecule has 27 heavy (non-hydrogen) atoms. The lowest BCUT2D eigenvalue weighted by atomic mass is 10.2. The predicted octanol–water partition coefficient (Wildman–Crippen LogP) is 6.42. The van der Waals surface area contributed by atoms with Crippen molar-refractivity contribution >= 4 is 34.6 Å². The Morgan fingerprint density at radius 3 is 2.22 bits per heavy atom. The SMILES string of the molecule is Cc1ccc2nc3c(nc2c1)CSC1=C\C(=C/C=C\C=C/C=C/C=C\1)SC3. The molecule has 4 heteroatoms. The van der Waals surface area contributed by atoms with E-state index in [9.17, 15) is 0 Å². The molecule has 4 rings (SSSR count). The summed E-state index contributed by atoms with van der Waals surface area (Å²) in [7, 11) is 0. The Hall–Kier alpha value is -2.30. The van der Waals surface area contributed by atoms with Crippen LogP contribution in [-0.2, 0) is 11.5 Å². The first-order valence-electron chi connectivity index (χ1n) is 8.90.